The van der Waals surface area contributed by atoms with Crippen molar-refractivity contribution in [2.24, 2.45) is 0 Å². The fourth-order valence-electron chi connectivity index (χ4n) is 1.08. The zero-order valence-corrected chi connectivity index (χ0v) is 11.5. The molecule has 86 valence electrons. The minimum absolute atomic E-state index is 0.852. The monoisotopic (exact) mass is 272 g/mol. The molecule has 0 atom stereocenters. The summed E-state index contributed by atoms with van der Waals surface area (Å²) < 4.78 is 5.17. The zero-order chi connectivity index (χ0) is 11.4. The molecule has 0 aliphatic heterocycles. The Labute approximate surface area is 107 Å². The maximum atomic E-state index is 4.31. The van der Waals surface area contributed by atoms with Gasteiger partial charge in [-0.05, 0) is 25.4 Å². The number of anilines is 1. The van der Waals surface area contributed by atoms with Crippen molar-refractivity contribution >= 4 is 39.8 Å². The van der Waals surface area contributed by atoms with Gasteiger partial charge in [-0.3, -0.25) is 0 Å². The van der Waals surface area contributed by atoms with Crippen LogP contribution in [0.25, 0.3) is 0 Å². The van der Waals surface area contributed by atoms with Gasteiger partial charge in [0.25, 0.3) is 0 Å². The van der Waals surface area contributed by atoms with Gasteiger partial charge in [-0.15, -0.1) is 11.3 Å². The summed E-state index contributed by atoms with van der Waals surface area (Å²) in [7, 11) is 0. The Kier molecular flexibility index (Phi) is 4.14. The molecule has 0 saturated carbocycles. The van der Waals surface area contributed by atoms with Crippen molar-refractivity contribution in [3.63, 3.8) is 0 Å². The highest BCUT2D eigenvalue weighted by Crippen LogP contribution is 2.28. The summed E-state index contributed by atoms with van der Waals surface area (Å²) in [6, 6.07) is 0. The van der Waals surface area contributed by atoms with Gasteiger partial charge in [0.15, 0.2) is 9.47 Å². The van der Waals surface area contributed by atoms with Crippen molar-refractivity contribution in [1.82, 2.24) is 14.3 Å². The molecule has 2 heterocycles. The van der Waals surface area contributed by atoms with Gasteiger partial charge in [0.2, 0.25) is 0 Å². The van der Waals surface area contributed by atoms with Crippen LogP contribution >= 0.6 is 34.6 Å². The summed E-state index contributed by atoms with van der Waals surface area (Å²) in [5.41, 5.74) is 0. The first-order valence-corrected chi connectivity index (χ1v) is 7.47. The van der Waals surface area contributed by atoms with E-state index in [9.17, 15) is 0 Å². The Hall–Kier alpha value is -0.660. The maximum absolute atomic E-state index is 4.31. The van der Waals surface area contributed by atoms with Crippen LogP contribution in [0, 0.1) is 6.92 Å². The van der Waals surface area contributed by atoms with Gasteiger partial charge >= 0.3 is 0 Å². The Morgan fingerprint density at radius 3 is 3.06 bits per heavy atom. The quantitative estimate of drug-likeness (QED) is 0.848. The minimum Gasteiger partial charge on any atom is -0.362 e. The molecule has 2 aromatic rings. The van der Waals surface area contributed by atoms with Crippen LogP contribution in [-0.2, 0) is 5.75 Å². The third kappa shape index (κ3) is 3.16. The first-order chi connectivity index (χ1) is 7.78. The van der Waals surface area contributed by atoms with E-state index in [1.165, 1.54) is 16.4 Å². The number of aryl methyl sites for hydroxylation is 1. The van der Waals surface area contributed by atoms with Gasteiger partial charge < -0.3 is 5.32 Å². The molecular formula is C9H12N4S3. The van der Waals surface area contributed by atoms with Gasteiger partial charge in [0.05, 0.1) is 0 Å². The number of thiazole rings is 1. The highest BCUT2D eigenvalue weighted by molar-refractivity contribution is 8.00. The lowest BCUT2D eigenvalue weighted by Crippen LogP contribution is -1.94. The Morgan fingerprint density at radius 1 is 1.50 bits per heavy atom. The van der Waals surface area contributed by atoms with E-state index < -0.39 is 0 Å². The molecular weight excluding hydrogens is 260 g/mol. The van der Waals surface area contributed by atoms with Crippen molar-refractivity contribution in [2.75, 3.05) is 11.9 Å². The number of hydrogen-bond acceptors (Lipinski definition) is 7. The van der Waals surface area contributed by atoms with E-state index >= 15 is 0 Å². The zero-order valence-electron chi connectivity index (χ0n) is 9.06. The van der Waals surface area contributed by atoms with Crippen LogP contribution < -0.4 is 5.32 Å². The molecule has 0 fully saturated rings. The highest BCUT2D eigenvalue weighted by Gasteiger charge is 2.04. The molecule has 0 aromatic carbocycles. The smallest absolute Gasteiger partial charge is 0.182 e. The molecule has 7 heteroatoms. The minimum atomic E-state index is 0.852. The van der Waals surface area contributed by atoms with Crippen molar-refractivity contribution in [3.8, 4) is 0 Å². The van der Waals surface area contributed by atoms with E-state index in [1.54, 1.807) is 23.1 Å². The van der Waals surface area contributed by atoms with Crippen LogP contribution in [0.4, 0.5) is 5.13 Å². The molecule has 16 heavy (non-hydrogen) atoms. The SMILES string of the molecule is CCNc1ncc(CSc2nc(C)ns2)s1. The van der Waals surface area contributed by atoms with E-state index in [-0.39, 0.29) is 0 Å². The average molecular weight is 272 g/mol. The molecule has 0 bridgehead atoms. The molecule has 0 spiro atoms. The molecule has 0 unspecified atom stereocenters. The Morgan fingerprint density at radius 2 is 2.38 bits per heavy atom. The first kappa shape index (κ1) is 11.8. The summed E-state index contributed by atoms with van der Waals surface area (Å²) in [6.45, 7) is 4.89. The van der Waals surface area contributed by atoms with Gasteiger partial charge in [0.1, 0.15) is 5.82 Å². The second-order valence-corrected chi connectivity index (χ2v) is 6.15. The third-order valence-corrected chi connectivity index (χ3v) is 4.84. The topological polar surface area (TPSA) is 50.7 Å². The summed E-state index contributed by atoms with van der Waals surface area (Å²) in [6.07, 6.45) is 1.92. The second-order valence-electron chi connectivity index (χ2n) is 3.06. The fraction of sp³-hybridized carbons (Fsp3) is 0.444. The molecule has 0 amide bonds. The standard InChI is InChI=1S/C9H12N4S3/c1-3-10-8-11-4-7(15-8)5-14-9-12-6(2)13-16-9/h4H,3,5H2,1-2H3,(H,10,11). The summed E-state index contributed by atoms with van der Waals surface area (Å²) >= 11 is 4.87. The van der Waals surface area contributed by atoms with Gasteiger partial charge in [-0.1, -0.05) is 11.8 Å². The van der Waals surface area contributed by atoms with E-state index in [0.29, 0.717) is 0 Å². The normalized spacial score (nSPS) is 10.6. The lowest BCUT2D eigenvalue weighted by molar-refractivity contribution is 1.10. The summed E-state index contributed by atoms with van der Waals surface area (Å²) in [5.74, 6) is 1.77. The lowest BCUT2D eigenvalue weighted by atomic mass is 10.6. The van der Waals surface area contributed by atoms with Crippen molar-refractivity contribution in [2.45, 2.75) is 23.9 Å². The molecule has 2 aromatic heterocycles. The number of nitrogens with one attached hydrogen (secondary N) is 1. The predicted octanol–water partition coefficient (Wildman–Crippen LogP) is 3.03. The Balaban J connectivity index is 1.89. The van der Waals surface area contributed by atoms with Crippen LogP contribution in [-0.4, -0.2) is 20.9 Å². The van der Waals surface area contributed by atoms with E-state index in [4.69, 9.17) is 0 Å². The maximum Gasteiger partial charge on any atom is 0.182 e. The first-order valence-electron chi connectivity index (χ1n) is 4.89. The average Bonchev–Trinajstić information content (AvgIpc) is 2.85. The highest BCUT2D eigenvalue weighted by atomic mass is 32.2. The van der Waals surface area contributed by atoms with Gasteiger partial charge in [0, 0.05) is 23.4 Å². The molecule has 0 radical (unpaired) electrons. The number of thioether (sulfide) groups is 1. The molecule has 2 rings (SSSR count). The van der Waals surface area contributed by atoms with E-state index in [2.05, 4.69) is 26.6 Å². The number of nitrogens with zero attached hydrogens (tertiary/aromatic N) is 3. The van der Waals surface area contributed by atoms with Crippen LogP contribution in [0.15, 0.2) is 10.5 Å². The molecule has 4 nitrogen and oxygen atoms in total. The lowest BCUT2D eigenvalue weighted by Gasteiger charge is -1.94. The number of hydrogen-bond donors (Lipinski definition) is 1. The summed E-state index contributed by atoms with van der Waals surface area (Å²) in [4.78, 5) is 9.85. The van der Waals surface area contributed by atoms with E-state index in [0.717, 1.165) is 27.6 Å². The van der Waals surface area contributed by atoms with Crippen LogP contribution in [0.1, 0.15) is 17.6 Å². The van der Waals surface area contributed by atoms with Crippen LogP contribution in [0.5, 0.6) is 0 Å². The van der Waals surface area contributed by atoms with Crippen molar-refractivity contribution < 1.29 is 0 Å². The fourth-order valence-corrected chi connectivity index (χ4v) is 3.63. The summed E-state index contributed by atoms with van der Waals surface area (Å²) in [5, 5.41) is 4.20. The van der Waals surface area contributed by atoms with Crippen LogP contribution in [0.2, 0.25) is 0 Å². The van der Waals surface area contributed by atoms with Gasteiger partial charge in [-0.2, -0.15) is 4.37 Å². The molecule has 0 aliphatic carbocycles. The molecule has 1 N–H and O–H groups in total. The third-order valence-electron chi connectivity index (χ3n) is 1.73. The Bertz CT molecular complexity index is 451. The van der Waals surface area contributed by atoms with Crippen molar-refractivity contribution in [3.05, 3.63) is 16.9 Å². The number of rotatable bonds is 5. The number of aromatic nitrogens is 3. The predicted molar refractivity (Wildman–Crippen MR) is 70.5 cm³/mol. The molecule has 0 saturated heterocycles. The molecule has 0 aliphatic rings. The van der Waals surface area contributed by atoms with Gasteiger partial charge in [-0.25, -0.2) is 9.97 Å². The van der Waals surface area contributed by atoms with Crippen LogP contribution in [0.3, 0.4) is 0 Å². The van der Waals surface area contributed by atoms with Crippen molar-refractivity contribution in [1.29, 1.82) is 0 Å². The van der Waals surface area contributed by atoms with E-state index in [1.807, 2.05) is 13.1 Å². The second kappa shape index (κ2) is 5.60. The largest absolute Gasteiger partial charge is 0.362 e.